The van der Waals surface area contributed by atoms with Crippen LogP contribution in [-0.4, -0.2) is 7.28 Å². The van der Waals surface area contributed by atoms with E-state index >= 15 is 0 Å². The topological polar surface area (TPSA) is 15.3 Å². The molecular weight excluding hydrogens is 747 g/mol. The molecule has 6 aliphatic rings. The van der Waals surface area contributed by atoms with Crippen LogP contribution in [0.15, 0.2) is 161 Å². The average Bonchev–Trinajstić information content (AvgIpc) is 3.83. The maximum atomic E-state index is 4.21. The summed E-state index contributed by atoms with van der Waals surface area (Å²) < 4.78 is 0. The zero-order valence-corrected chi connectivity index (χ0v) is 37.3. The molecule has 0 amide bonds. The number of para-hydroxylation sites is 2. The van der Waals surface area contributed by atoms with Gasteiger partial charge >= 0.3 is 0 Å². The van der Waals surface area contributed by atoms with Crippen molar-refractivity contribution in [3.63, 3.8) is 0 Å². The maximum Gasteiger partial charge on any atom is 0.197 e. The molecule has 303 valence electrons. The molecule has 2 nitrogen and oxygen atoms in total. The van der Waals surface area contributed by atoms with E-state index in [1.807, 2.05) is 0 Å². The normalized spacial score (nSPS) is 19.1. The van der Waals surface area contributed by atoms with Crippen LogP contribution in [0.25, 0.3) is 16.7 Å². The van der Waals surface area contributed by atoms with E-state index in [1.165, 1.54) is 136 Å². The summed E-state index contributed by atoms with van der Waals surface area (Å²) in [6.45, 7) is 16.7. The van der Waals surface area contributed by atoms with Crippen LogP contribution in [0.5, 0.6) is 0 Å². The summed E-state index contributed by atoms with van der Waals surface area (Å²) in [7, 11) is 2.52. The van der Waals surface area contributed by atoms with Gasteiger partial charge in [-0.05, 0) is 160 Å². The van der Waals surface area contributed by atoms with Gasteiger partial charge in [-0.2, -0.15) is 0 Å². The van der Waals surface area contributed by atoms with Crippen molar-refractivity contribution in [3.8, 4) is 11.1 Å². The Balaban J connectivity index is 1.09. The van der Waals surface area contributed by atoms with E-state index in [1.54, 1.807) is 0 Å². The van der Waals surface area contributed by atoms with E-state index < -0.39 is 5.41 Å². The summed E-state index contributed by atoms with van der Waals surface area (Å²) >= 11 is 0. The maximum absolute atomic E-state index is 4.21. The zero-order valence-electron chi connectivity index (χ0n) is 37.3. The van der Waals surface area contributed by atoms with Crippen LogP contribution in [0.4, 0.5) is 22.7 Å². The van der Waals surface area contributed by atoms with Crippen molar-refractivity contribution in [2.45, 2.75) is 96.8 Å². The Hall–Kier alpha value is -6.06. The van der Waals surface area contributed by atoms with E-state index in [4.69, 9.17) is 0 Å². The van der Waals surface area contributed by atoms with Crippen molar-refractivity contribution in [3.05, 3.63) is 206 Å². The predicted octanol–water partition coefficient (Wildman–Crippen LogP) is 13.7. The number of nitrogens with zero attached hydrogens (tertiary/aromatic N) is 1. The number of hydrogen-bond acceptors (Lipinski definition) is 2. The lowest BCUT2D eigenvalue weighted by Gasteiger charge is -2.48. The van der Waals surface area contributed by atoms with Crippen molar-refractivity contribution < 1.29 is 0 Å². The summed E-state index contributed by atoms with van der Waals surface area (Å²) in [5, 5.41) is 4.21. The molecular formula is C59H54BN2. The lowest BCUT2D eigenvalue weighted by molar-refractivity contribution is 0.332. The van der Waals surface area contributed by atoms with Crippen molar-refractivity contribution in [1.29, 1.82) is 0 Å². The van der Waals surface area contributed by atoms with Crippen molar-refractivity contribution in [1.82, 2.24) is 0 Å². The molecule has 2 aliphatic heterocycles. The van der Waals surface area contributed by atoms with Gasteiger partial charge in [-0.3, -0.25) is 0 Å². The summed E-state index contributed by atoms with van der Waals surface area (Å²) in [4.78, 5) is 2.62. The molecule has 0 aromatic heterocycles. The quantitative estimate of drug-likeness (QED) is 0.178. The molecule has 0 fully saturated rings. The SMILES string of the molecule is CC1=C(C2=C(C)CCC(c3cc(C)cc4c3[B]c3cccc5c3N4c3ccccc3C53c4ccccc4-c4ccccc43)=C2Nc2ccc3c(c2)C(C)(C)CCC3(C)C)CC=C1. The minimum Gasteiger partial charge on any atom is -0.355 e. The summed E-state index contributed by atoms with van der Waals surface area (Å²) in [6, 6.07) is 46.8. The van der Waals surface area contributed by atoms with E-state index in [9.17, 15) is 0 Å². The Labute approximate surface area is 369 Å². The second kappa shape index (κ2) is 13.2. The number of nitrogens with one attached hydrogen (secondary N) is 1. The molecule has 1 radical (unpaired) electrons. The molecule has 0 saturated heterocycles. The second-order valence-corrected chi connectivity index (χ2v) is 20.3. The number of rotatable bonds is 4. The third-order valence-corrected chi connectivity index (χ3v) is 15.7. The highest BCUT2D eigenvalue weighted by Gasteiger charge is 2.53. The number of anilines is 4. The van der Waals surface area contributed by atoms with Crippen LogP contribution < -0.4 is 21.1 Å². The highest BCUT2D eigenvalue weighted by molar-refractivity contribution is 6.72. The fourth-order valence-corrected chi connectivity index (χ4v) is 12.5. The monoisotopic (exact) mass is 801 g/mol. The fourth-order valence-electron chi connectivity index (χ4n) is 12.5. The van der Waals surface area contributed by atoms with Crippen LogP contribution in [0.1, 0.15) is 118 Å². The molecule has 6 aromatic rings. The molecule has 12 rings (SSSR count). The van der Waals surface area contributed by atoms with Gasteiger partial charge in [0.15, 0.2) is 7.28 Å². The first-order chi connectivity index (χ1) is 30.0. The summed E-state index contributed by atoms with van der Waals surface area (Å²) in [5.41, 5.74) is 29.5. The van der Waals surface area contributed by atoms with Crippen LogP contribution in [0.3, 0.4) is 0 Å². The second-order valence-electron chi connectivity index (χ2n) is 20.3. The third-order valence-electron chi connectivity index (χ3n) is 15.7. The van der Waals surface area contributed by atoms with Crippen LogP contribution in [0.2, 0.25) is 0 Å². The van der Waals surface area contributed by atoms with Gasteiger partial charge in [0.2, 0.25) is 0 Å². The lowest BCUT2D eigenvalue weighted by Crippen LogP contribution is -2.47. The van der Waals surface area contributed by atoms with Crippen molar-refractivity contribution in [2.75, 3.05) is 10.2 Å². The summed E-state index contributed by atoms with van der Waals surface area (Å²) in [6.07, 6.45) is 10.1. The van der Waals surface area contributed by atoms with Crippen LogP contribution >= 0.6 is 0 Å². The van der Waals surface area contributed by atoms with Gasteiger partial charge in [-0.25, -0.2) is 0 Å². The molecule has 0 atom stereocenters. The Morgan fingerprint density at radius 3 is 1.98 bits per heavy atom. The molecule has 0 saturated carbocycles. The van der Waals surface area contributed by atoms with Gasteiger partial charge in [0.1, 0.15) is 0 Å². The number of fused-ring (bicyclic) bond motifs is 12. The Bertz CT molecular complexity index is 3050. The first kappa shape index (κ1) is 37.7. The molecule has 6 aromatic carbocycles. The van der Waals surface area contributed by atoms with Gasteiger partial charge in [0.05, 0.1) is 11.1 Å². The first-order valence-corrected chi connectivity index (χ1v) is 22.9. The van der Waals surface area contributed by atoms with E-state index in [0.717, 1.165) is 19.3 Å². The molecule has 0 bridgehead atoms. The average molecular weight is 802 g/mol. The smallest absolute Gasteiger partial charge is 0.197 e. The van der Waals surface area contributed by atoms with Crippen molar-refractivity contribution in [2.24, 2.45) is 0 Å². The molecule has 4 aliphatic carbocycles. The predicted molar refractivity (Wildman–Crippen MR) is 262 cm³/mol. The van der Waals surface area contributed by atoms with Crippen molar-refractivity contribution >= 4 is 46.5 Å². The first-order valence-electron chi connectivity index (χ1n) is 22.9. The van der Waals surface area contributed by atoms with Crippen LogP contribution in [-0.2, 0) is 16.2 Å². The van der Waals surface area contributed by atoms with Gasteiger partial charge in [-0.1, -0.05) is 153 Å². The molecule has 0 unspecified atom stereocenters. The van der Waals surface area contributed by atoms with Gasteiger partial charge < -0.3 is 10.2 Å². The molecule has 62 heavy (non-hydrogen) atoms. The van der Waals surface area contributed by atoms with Gasteiger partial charge in [-0.15, -0.1) is 0 Å². The number of allylic oxidation sites excluding steroid dienone is 6. The Morgan fingerprint density at radius 1 is 0.581 bits per heavy atom. The third kappa shape index (κ3) is 5.11. The molecule has 1 N–H and O–H groups in total. The van der Waals surface area contributed by atoms with Crippen LogP contribution in [0, 0.1) is 6.92 Å². The molecule has 3 heteroatoms. The largest absolute Gasteiger partial charge is 0.355 e. The lowest BCUT2D eigenvalue weighted by atomic mass is 9.54. The molecule has 1 spiro atoms. The molecule has 2 heterocycles. The number of hydrogen-bond donors (Lipinski definition) is 1. The minimum absolute atomic E-state index is 0.123. The van der Waals surface area contributed by atoms with E-state index in [2.05, 4.69) is 199 Å². The Kier molecular flexibility index (Phi) is 8.04. The summed E-state index contributed by atoms with van der Waals surface area (Å²) in [5.74, 6) is 0. The Morgan fingerprint density at radius 2 is 1.26 bits per heavy atom. The van der Waals surface area contributed by atoms with E-state index in [-0.39, 0.29) is 10.8 Å². The standard InChI is InChI=1S/C59H54BN2/c1-35-32-43(42-28-26-37(3)53(39-19-14-16-36(39)2)55(42)61-38-27-29-46-49(34-38)58(6,7)31-30-57(46,4)5)54-52(33-35)62-51-25-13-12-22-47(51)59(48-23-15-24-50(60-54)56(48)62)44-20-10-8-17-40(44)41-18-9-11-21-45(41)59/h8-18,20-25,27,29,32-34,61H,19,26,28,30-31H2,1-7H3. The number of aryl methyl sites for hydroxylation is 1. The highest BCUT2D eigenvalue weighted by Crippen LogP contribution is 2.63. The highest BCUT2D eigenvalue weighted by atomic mass is 15.2. The van der Waals surface area contributed by atoms with Gasteiger partial charge in [0.25, 0.3) is 0 Å². The van der Waals surface area contributed by atoms with E-state index in [0.29, 0.717) is 0 Å². The number of benzene rings is 6. The fraction of sp³-hybridized carbons (Fsp3) is 0.254. The minimum atomic E-state index is -0.427. The van der Waals surface area contributed by atoms with Gasteiger partial charge in [0, 0.05) is 28.3 Å². The zero-order chi connectivity index (χ0) is 42.3.